The Morgan fingerprint density at radius 3 is 2.60 bits per heavy atom. The fraction of sp³-hybridized carbons (Fsp3) is 0.188. The molecular formula is C16H16F2N2O4S. The van der Waals surface area contributed by atoms with Crippen LogP contribution in [0.1, 0.15) is 10.4 Å². The number of hydrogen-bond donors (Lipinski definition) is 2. The van der Waals surface area contributed by atoms with E-state index in [9.17, 15) is 22.0 Å². The van der Waals surface area contributed by atoms with Gasteiger partial charge in [-0.15, -0.1) is 0 Å². The molecule has 0 saturated heterocycles. The minimum atomic E-state index is -4.15. The Bertz CT molecular complexity index is 872. The molecule has 0 saturated carbocycles. The Hall–Kier alpha value is -2.52. The molecule has 0 aliphatic rings. The molecule has 0 atom stereocenters. The maximum absolute atomic E-state index is 13.6. The van der Waals surface area contributed by atoms with Crippen molar-refractivity contribution in [1.82, 2.24) is 5.32 Å². The highest BCUT2D eigenvalue weighted by Gasteiger charge is 2.18. The largest absolute Gasteiger partial charge is 0.383 e. The van der Waals surface area contributed by atoms with Gasteiger partial charge in [-0.05, 0) is 30.3 Å². The molecular weight excluding hydrogens is 354 g/mol. The van der Waals surface area contributed by atoms with Crippen LogP contribution in [0.15, 0.2) is 47.4 Å². The van der Waals surface area contributed by atoms with Crippen molar-refractivity contribution in [2.45, 2.75) is 4.90 Å². The summed E-state index contributed by atoms with van der Waals surface area (Å²) in [6.07, 6.45) is 0. The van der Waals surface area contributed by atoms with E-state index in [0.717, 1.165) is 18.2 Å². The predicted octanol–water partition coefficient (Wildman–Crippen LogP) is 2.14. The standard InChI is InChI=1S/C16H16F2N2O4S/c1-24-8-7-19-16(21)11-3-2-4-13(9-11)25(22,23)20-15-6-5-12(17)10-14(15)18/h2-6,9-10,20H,7-8H2,1H3,(H,19,21). The number of carbonyl (C=O) groups is 1. The van der Waals surface area contributed by atoms with Gasteiger partial charge >= 0.3 is 0 Å². The first-order valence-corrected chi connectivity index (χ1v) is 8.67. The number of carbonyl (C=O) groups excluding carboxylic acids is 1. The highest BCUT2D eigenvalue weighted by Crippen LogP contribution is 2.20. The van der Waals surface area contributed by atoms with Gasteiger partial charge < -0.3 is 10.1 Å². The third kappa shape index (κ3) is 4.97. The Kier molecular flexibility index (Phi) is 6.05. The molecule has 134 valence electrons. The van der Waals surface area contributed by atoms with Gasteiger partial charge in [0, 0.05) is 25.3 Å². The van der Waals surface area contributed by atoms with E-state index >= 15 is 0 Å². The van der Waals surface area contributed by atoms with Crippen LogP contribution in [-0.4, -0.2) is 34.6 Å². The Balaban J connectivity index is 2.22. The summed E-state index contributed by atoms with van der Waals surface area (Å²) in [5.74, 6) is -2.34. The molecule has 0 fully saturated rings. The molecule has 2 rings (SSSR count). The molecule has 0 spiro atoms. The quantitative estimate of drug-likeness (QED) is 0.732. The monoisotopic (exact) mass is 370 g/mol. The van der Waals surface area contributed by atoms with Crippen LogP contribution in [0.3, 0.4) is 0 Å². The number of halogens is 2. The molecule has 6 nitrogen and oxygen atoms in total. The van der Waals surface area contributed by atoms with Crippen molar-refractivity contribution in [3.8, 4) is 0 Å². The predicted molar refractivity (Wildman–Crippen MR) is 87.8 cm³/mol. The van der Waals surface area contributed by atoms with E-state index in [2.05, 4.69) is 5.32 Å². The molecule has 0 aliphatic heterocycles. The van der Waals surface area contributed by atoms with Crippen molar-refractivity contribution in [3.63, 3.8) is 0 Å². The summed E-state index contributed by atoms with van der Waals surface area (Å²) in [4.78, 5) is 11.7. The van der Waals surface area contributed by atoms with Gasteiger partial charge in [-0.1, -0.05) is 6.07 Å². The molecule has 0 unspecified atom stereocenters. The SMILES string of the molecule is COCCNC(=O)c1cccc(S(=O)(=O)Nc2ccc(F)cc2F)c1. The van der Waals surface area contributed by atoms with Crippen LogP contribution >= 0.6 is 0 Å². The second-order valence-corrected chi connectivity index (χ2v) is 6.69. The summed E-state index contributed by atoms with van der Waals surface area (Å²) < 4.78 is 58.1. The average Bonchev–Trinajstić information content (AvgIpc) is 2.57. The zero-order valence-corrected chi connectivity index (χ0v) is 14.1. The molecule has 2 N–H and O–H groups in total. The van der Waals surface area contributed by atoms with Crippen LogP contribution < -0.4 is 10.0 Å². The number of benzene rings is 2. The zero-order valence-electron chi connectivity index (χ0n) is 13.3. The second kappa shape index (κ2) is 8.04. The van der Waals surface area contributed by atoms with Gasteiger partial charge in [-0.2, -0.15) is 0 Å². The fourth-order valence-corrected chi connectivity index (χ4v) is 3.06. The lowest BCUT2D eigenvalue weighted by Gasteiger charge is -2.10. The van der Waals surface area contributed by atoms with Crippen molar-refractivity contribution in [2.24, 2.45) is 0 Å². The van der Waals surface area contributed by atoms with Crippen LogP contribution in [0.4, 0.5) is 14.5 Å². The normalized spacial score (nSPS) is 11.2. The molecule has 9 heteroatoms. The Morgan fingerprint density at radius 2 is 1.92 bits per heavy atom. The minimum Gasteiger partial charge on any atom is -0.383 e. The third-order valence-electron chi connectivity index (χ3n) is 3.17. The maximum Gasteiger partial charge on any atom is 0.262 e. The van der Waals surface area contributed by atoms with Crippen molar-refractivity contribution < 1.29 is 26.7 Å². The number of anilines is 1. The first-order chi connectivity index (χ1) is 11.8. The Labute approximate surface area is 143 Å². The minimum absolute atomic E-state index is 0.124. The van der Waals surface area contributed by atoms with Crippen LogP contribution in [0.25, 0.3) is 0 Å². The Morgan fingerprint density at radius 1 is 1.16 bits per heavy atom. The number of methoxy groups -OCH3 is 1. The summed E-state index contributed by atoms with van der Waals surface area (Å²) >= 11 is 0. The van der Waals surface area contributed by atoms with Gasteiger partial charge in [-0.25, -0.2) is 17.2 Å². The smallest absolute Gasteiger partial charge is 0.262 e. The molecule has 0 aromatic heterocycles. The lowest BCUT2D eigenvalue weighted by atomic mass is 10.2. The van der Waals surface area contributed by atoms with Gasteiger partial charge in [0.05, 0.1) is 17.2 Å². The molecule has 2 aromatic rings. The van der Waals surface area contributed by atoms with Crippen molar-refractivity contribution >= 4 is 21.6 Å². The third-order valence-corrected chi connectivity index (χ3v) is 4.54. The number of hydrogen-bond acceptors (Lipinski definition) is 4. The van der Waals surface area contributed by atoms with E-state index < -0.39 is 33.3 Å². The van der Waals surface area contributed by atoms with Crippen LogP contribution in [-0.2, 0) is 14.8 Å². The van der Waals surface area contributed by atoms with E-state index in [-0.39, 0.29) is 17.0 Å². The van der Waals surface area contributed by atoms with Crippen molar-refractivity contribution in [3.05, 3.63) is 59.7 Å². The summed E-state index contributed by atoms with van der Waals surface area (Å²) in [6, 6.07) is 7.73. The summed E-state index contributed by atoms with van der Waals surface area (Å²) in [7, 11) is -2.66. The van der Waals surface area contributed by atoms with Gasteiger partial charge in [-0.3, -0.25) is 9.52 Å². The average molecular weight is 370 g/mol. The van der Waals surface area contributed by atoms with E-state index in [4.69, 9.17) is 4.74 Å². The molecule has 1 amide bonds. The number of sulfonamides is 1. The highest BCUT2D eigenvalue weighted by atomic mass is 32.2. The van der Waals surface area contributed by atoms with E-state index in [1.54, 1.807) is 0 Å². The van der Waals surface area contributed by atoms with Gasteiger partial charge in [0.15, 0.2) is 0 Å². The van der Waals surface area contributed by atoms with Crippen molar-refractivity contribution in [1.29, 1.82) is 0 Å². The van der Waals surface area contributed by atoms with E-state index in [1.165, 1.54) is 25.3 Å². The molecule has 0 aliphatic carbocycles. The summed E-state index contributed by atoms with van der Waals surface area (Å²) in [5.41, 5.74) is -0.269. The summed E-state index contributed by atoms with van der Waals surface area (Å²) in [6.45, 7) is 0.584. The first kappa shape index (κ1) is 18.8. The number of amides is 1. The van der Waals surface area contributed by atoms with Gasteiger partial charge in [0.2, 0.25) is 0 Å². The maximum atomic E-state index is 13.6. The zero-order chi connectivity index (χ0) is 18.4. The van der Waals surface area contributed by atoms with Crippen molar-refractivity contribution in [2.75, 3.05) is 25.0 Å². The molecule has 25 heavy (non-hydrogen) atoms. The fourth-order valence-electron chi connectivity index (χ4n) is 1.95. The van der Waals surface area contributed by atoms with Gasteiger partial charge in [0.1, 0.15) is 11.6 Å². The van der Waals surface area contributed by atoms with E-state index in [0.29, 0.717) is 12.7 Å². The second-order valence-electron chi connectivity index (χ2n) is 5.01. The number of rotatable bonds is 7. The number of ether oxygens (including phenoxy) is 1. The topological polar surface area (TPSA) is 84.5 Å². The van der Waals surface area contributed by atoms with Gasteiger partial charge in [0.25, 0.3) is 15.9 Å². The summed E-state index contributed by atoms with van der Waals surface area (Å²) in [5, 5.41) is 2.56. The molecule has 0 radical (unpaired) electrons. The van der Waals surface area contributed by atoms with Crippen LogP contribution in [0.2, 0.25) is 0 Å². The molecule has 0 bridgehead atoms. The van der Waals surface area contributed by atoms with Crippen LogP contribution in [0, 0.1) is 11.6 Å². The van der Waals surface area contributed by atoms with E-state index in [1.807, 2.05) is 4.72 Å². The lowest BCUT2D eigenvalue weighted by Crippen LogP contribution is -2.27. The lowest BCUT2D eigenvalue weighted by molar-refractivity contribution is 0.0937. The highest BCUT2D eigenvalue weighted by molar-refractivity contribution is 7.92. The molecule has 0 heterocycles. The number of nitrogens with one attached hydrogen (secondary N) is 2. The first-order valence-electron chi connectivity index (χ1n) is 7.18. The van der Waals surface area contributed by atoms with Crippen LogP contribution in [0.5, 0.6) is 0 Å². The molecule has 2 aromatic carbocycles.